The summed E-state index contributed by atoms with van der Waals surface area (Å²) in [6.45, 7) is 4.39. The molecule has 2 aliphatic heterocycles. The second-order valence-electron chi connectivity index (χ2n) is 5.60. The third kappa shape index (κ3) is 2.57. The highest BCUT2D eigenvalue weighted by Gasteiger charge is 2.19. The van der Waals surface area contributed by atoms with E-state index < -0.39 is 0 Å². The molecule has 0 radical (unpaired) electrons. The Labute approximate surface area is 109 Å². The number of nitrogens with one attached hydrogen (secondary N) is 1. The van der Waals surface area contributed by atoms with Crippen molar-refractivity contribution in [2.24, 2.45) is 0 Å². The number of nitrogens with zero attached hydrogens (tertiary/aromatic N) is 4. The second kappa shape index (κ2) is 5.36. The number of aromatic nitrogens is 3. The van der Waals surface area contributed by atoms with Gasteiger partial charge in [-0.05, 0) is 45.8 Å². The molecule has 0 amide bonds. The molecule has 100 valence electrons. The van der Waals surface area contributed by atoms with Gasteiger partial charge in [0.1, 0.15) is 11.6 Å². The van der Waals surface area contributed by atoms with Gasteiger partial charge in [-0.25, -0.2) is 0 Å². The third-order valence-corrected chi connectivity index (χ3v) is 4.20. The van der Waals surface area contributed by atoms with Gasteiger partial charge in [0.2, 0.25) is 0 Å². The van der Waals surface area contributed by atoms with Crippen molar-refractivity contribution in [3.63, 3.8) is 0 Å². The maximum Gasteiger partial charge on any atom is 0.147 e. The zero-order valence-corrected chi connectivity index (χ0v) is 11.2. The second-order valence-corrected chi connectivity index (χ2v) is 5.60. The maximum absolute atomic E-state index is 4.34. The van der Waals surface area contributed by atoms with Crippen LogP contribution in [0.25, 0.3) is 0 Å². The summed E-state index contributed by atoms with van der Waals surface area (Å²) >= 11 is 0. The molecule has 0 unspecified atom stereocenters. The van der Waals surface area contributed by atoms with Gasteiger partial charge < -0.3 is 14.8 Å². The van der Waals surface area contributed by atoms with Gasteiger partial charge in [0.15, 0.2) is 0 Å². The summed E-state index contributed by atoms with van der Waals surface area (Å²) in [7, 11) is 2.20. The van der Waals surface area contributed by atoms with E-state index in [1.165, 1.54) is 44.6 Å². The normalized spacial score (nSPS) is 22.1. The van der Waals surface area contributed by atoms with Crippen LogP contribution in [0.15, 0.2) is 0 Å². The molecule has 5 nitrogen and oxygen atoms in total. The first-order valence-electron chi connectivity index (χ1n) is 7.16. The zero-order valence-electron chi connectivity index (χ0n) is 11.2. The molecule has 1 saturated heterocycles. The first-order valence-corrected chi connectivity index (χ1v) is 7.16. The van der Waals surface area contributed by atoms with Crippen LogP contribution in [0, 0.1) is 0 Å². The first kappa shape index (κ1) is 12.1. The Balaban J connectivity index is 1.55. The lowest BCUT2D eigenvalue weighted by Gasteiger charge is -2.29. The van der Waals surface area contributed by atoms with E-state index >= 15 is 0 Å². The highest BCUT2D eigenvalue weighted by molar-refractivity contribution is 4.99. The van der Waals surface area contributed by atoms with E-state index in [1.807, 2.05) is 0 Å². The van der Waals surface area contributed by atoms with Crippen LogP contribution >= 0.6 is 0 Å². The fraction of sp³-hybridized carbons (Fsp3) is 0.846. The van der Waals surface area contributed by atoms with E-state index in [9.17, 15) is 0 Å². The van der Waals surface area contributed by atoms with Crippen LogP contribution in [0.1, 0.15) is 37.3 Å². The summed E-state index contributed by atoms with van der Waals surface area (Å²) in [5.74, 6) is 2.31. The topological polar surface area (TPSA) is 46.0 Å². The standard InChI is InChI=1S/C13H23N5/c1-17-8-5-11(6-9-17)14-10-13-16-15-12-4-2-3-7-18(12)13/h11,14H,2-10H2,1H3. The average Bonchev–Trinajstić information content (AvgIpc) is 2.82. The molecule has 18 heavy (non-hydrogen) atoms. The lowest BCUT2D eigenvalue weighted by atomic mass is 10.1. The van der Waals surface area contributed by atoms with Crippen molar-refractivity contribution in [3.8, 4) is 0 Å². The number of hydrogen-bond donors (Lipinski definition) is 1. The van der Waals surface area contributed by atoms with Crippen molar-refractivity contribution >= 4 is 0 Å². The number of aryl methyl sites for hydroxylation is 1. The molecular weight excluding hydrogens is 226 g/mol. The molecule has 0 saturated carbocycles. The molecule has 5 heteroatoms. The summed E-state index contributed by atoms with van der Waals surface area (Å²) in [4.78, 5) is 2.40. The summed E-state index contributed by atoms with van der Waals surface area (Å²) in [5, 5.41) is 12.3. The monoisotopic (exact) mass is 249 g/mol. The summed E-state index contributed by atoms with van der Waals surface area (Å²) in [6.07, 6.45) is 6.13. The SMILES string of the molecule is CN1CCC(NCc2nnc3n2CCCC3)CC1. The predicted molar refractivity (Wildman–Crippen MR) is 70.3 cm³/mol. The lowest BCUT2D eigenvalue weighted by Crippen LogP contribution is -2.40. The van der Waals surface area contributed by atoms with Gasteiger partial charge in [-0.15, -0.1) is 10.2 Å². The minimum atomic E-state index is 0.651. The van der Waals surface area contributed by atoms with E-state index in [-0.39, 0.29) is 0 Å². The van der Waals surface area contributed by atoms with Crippen molar-refractivity contribution < 1.29 is 0 Å². The lowest BCUT2D eigenvalue weighted by molar-refractivity contribution is 0.233. The van der Waals surface area contributed by atoms with Crippen molar-refractivity contribution in [2.75, 3.05) is 20.1 Å². The smallest absolute Gasteiger partial charge is 0.147 e. The Kier molecular flexibility index (Phi) is 3.61. The molecule has 0 spiro atoms. The van der Waals surface area contributed by atoms with Gasteiger partial charge in [-0.1, -0.05) is 0 Å². The molecule has 0 aromatic carbocycles. The molecule has 3 heterocycles. The molecule has 1 N–H and O–H groups in total. The largest absolute Gasteiger partial charge is 0.314 e. The zero-order chi connectivity index (χ0) is 12.4. The number of likely N-dealkylation sites (tertiary alicyclic amines) is 1. The van der Waals surface area contributed by atoms with Gasteiger partial charge in [-0.3, -0.25) is 0 Å². The van der Waals surface area contributed by atoms with Crippen molar-refractivity contribution in [2.45, 2.75) is 51.2 Å². The van der Waals surface area contributed by atoms with Crippen LogP contribution < -0.4 is 5.32 Å². The summed E-state index contributed by atoms with van der Waals surface area (Å²) < 4.78 is 2.31. The Morgan fingerprint density at radius 3 is 2.83 bits per heavy atom. The van der Waals surface area contributed by atoms with Gasteiger partial charge in [-0.2, -0.15) is 0 Å². The highest BCUT2D eigenvalue weighted by atomic mass is 15.3. The fourth-order valence-corrected chi connectivity index (χ4v) is 2.95. The minimum Gasteiger partial charge on any atom is -0.314 e. The molecule has 1 aromatic heterocycles. The molecule has 2 aliphatic rings. The molecule has 3 rings (SSSR count). The van der Waals surface area contributed by atoms with Crippen molar-refractivity contribution in [1.29, 1.82) is 0 Å². The van der Waals surface area contributed by atoms with Crippen LogP contribution in [-0.4, -0.2) is 45.8 Å². The molecule has 1 aromatic rings. The maximum atomic E-state index is 4.34. The molecule has 0 bridgehead atoms. The molecule has 0 atom stereocenters. The first-order chi connectivity index (χ1) is 8.83. The Hall–Kier alpha value is -0.940. The van der Waals surface area contributed by atoms with E-state index in [0.717, 1.165) is 25.3 Å². The van der Waals surface area contributed by atoms with Crippen molar-refractivity contribution in [3.05, 3.63) is 11.6 Å². The minimum absolute atomic E-state index is 0.651. The average molecular weight is 249 g/mol. The van der Waals surface area contributed by atoms with Crippen molar-refractivity contribution in [1.82, 2.24) is 25.0 Å². The number of rotatable bonds is 3. The summed E-state index contributed by atoms with van der Waals surface area (Å²) in [5.41, 5.74) is 0. The summed E-state index contributed by atoms with van der Waals surface area (Å²) in [6, 6.07) is 0.651. The van der Waals surface area contributed by atoms with Crippen LogP contribution in [0.5, 0.6) is 0 Å². The van der Waals surface area contributed by atoms with E-state index in [4.69, 9.17) is 0 Å². The van der Waals surface area contributed by atoms with Crippen LogP contribution in [0.3, 0.4) is 0 Å². The quantitative estimate of drug-likeness (QED) is 0.860. The molecule has 1 fully saturated rings. The Morgan fingerprint density at radius 2 is 2.00 bits per heavy atom. The van der Waals surface area contributed by atoms with E-state index in [1.54, 1.807) is 0 Å². The highest BCUT2D eigenvalue weighted by Crippen LogP contribution is 2.15. The van der Waals surface area contributed by atoms with E-state index in [2.05, 4.69) is 32.0 Å². The number of piperidine rings is 1. The third-order valence-electron chi connectivity index (χ3n) is 4.20. The van der Waals surface area contributed by atoms with Crippen LogP contribution in [0.4, 0.5) is 0 Å². The van der Waals surface area contributed by atoms with Gasteiger partial charge in [0.05, 0.1) is 6.54 Å². The number of hydrogen-bond acceptors (Lipinski definition) is 4. The number of fused-ring (bicyclic) bond motifs is 1. The molecular formula is C13H23N5. The fourth-order valence-electron chi connectivity index (χ4n) is 2.95. The Bertz CT molecular complexity index is 392. The van der Waals surface area contributed by atoms with E-state index in [0.29, 0.717) is 6.04 Å². The Morgan fingerprint density at radius 1 is 1.17 bits per heavy atom. The van der Waals surface area contributed by atoms with Gasteiger partial charge in [0.25, 0.3) is 0 Å². The molecule has 0 aliphatic carbocycles. The van der Waals surface area contributed by atoms with Gasteiger partial charge in [0, 0.05) is 19.0 Å². The van der Waals surface area contributed by atoms with Gasteiger partial charge >= 0.3 is 0 Å². The predicted octanol–water partition coefficient (Wildman–Crippen LogP) is 0.798. The van der Waals surface area contributed by atoms with Crippen LogP contribution in [-0.2, 0) is 19.5 Å². The van der Waals surface area contributed by atoms with Crippen LogP contribution in [0.2, 0.25) is 0 Å².